The molecule has 1 aromatic heterocycles. The third-order valence-electron chi connectivity index (χ3n) is 7.07. The van der Waals surface area contributed by atoms with Gasteiger partial charge in [0, 0.05) is 29.8 Å². The van der Waals surface area contributed by atoms with Crippen LogP contribution in [-0.4, -0.2) is 29.3 Å². The number of benzene rings is 2. The van der Waals surface area contributed by atoms with E-state index in [1.165, 1.54) is 12.4 Å². The van der Waals surface area contributed by atoms with E-state index in [4.69, 9.17) is 0 Å². The first kappa shape index (κ1) is 22.1. The number of pyridine rings is 1. The van der Waals surface area contributed by atoms with E-state index in [0.29, 0.717) is 17.7 Å². The molecular weight excluding hydrogens is 426 g/mol. The van der Waals surface area contributed by atoms with E-state index in [9.17, 15) is 14.8 Å². The maximum absolute atomic E-state index is 13.8. The third-order valence-corrected chi connectivity index (χ3v) is 7.07. The number of hydrogen-bond donors (Lipinski definition) is 1. The van der Waals surface area contributed by atoms with Crippen LogP contribution in [0.3, 0.4) is 0 Å². The van der Waals surface area contributed by atoms with E-state index in [2.05, 4.69) is 5.32 Å². The number of amides is 2. The van der Waals surface area contributed by atoms with E-state index in [1.807, 2.05) is 65.6 Å². The van der Waals surface area contributed by atoms with Crippen molar-refractivity contribution in [3.8, 4) is 0 Å². The van der Waals surface area contributed by atoms with Gasteiger partial charge in [-0.2, -0.15) is 4.73 Å². The van der Waals surface area contributed by atoms with Gasteiger partial charge in [0.05, 0.1) is 12.0 Å². The Morgan fingerprint density at radius 3 is 2.50 bits per heavy atom. The average molecular weight is 456 g/mol. The highest BCUT2D eigenvalue weighted by Crippen LogP contribution is 2.45. The number of nitrogens with one attached hydrogen (secondary N) is 1. The van der Waals surface area contributed by atoms with Crippen molar-refractivity contribution in [3.63, 3.8) is 0 Å². The van der Waals surface area contributed by atoms with Crippen molar-refractivity contribution < 1.29 is 14.3 Å². The van der Waals surface area contributed by atoms with E-state index in [1.54, 1.807) is 6.07 Å². The minimum Gasteiger partial charge on any atom is -0.619 e. The van der Waals surface area contributed by atoms with Crippen molar-refractivity contribution in [1.29, 1.82) is 0 Å². The Labute approximate surface area is 199 Å². The van der Waals surface area contributed by atoms with Gasteiger partial charge in [0.2, 0.25) is 5.91 Å². The summed E-state index contributed by atoms with van der Waals surface area (Å²) in [6, 6.07) is 20.5. The summed E-state index contributed by atoms with van der Waals surface area (Å²) in [7, 11) is 0. The molecule has 2 aromatic carbocycles. The van der Waals surface area contributed by atoms with Gasteiger partial charge in [-0.1, -0.05) is 61.4 Å². The number of fused-ring (bicyclic) bond motifs is 1. The predicted octanol–water partition coefficient (Wildman–Crippen LogP) is 3.90. The maximum Gasteiger partial charge on any atom is 0.254 e. The molecule has 5 rings (SSSR count). The molecule has 6 heteroatoms. The number of hydrogen-bond acceptors (Lipinski definition) is 3. The fourth-order valence-corrected chi connectivity index (χ4v) is 5.50. The summed E-state index contributed by atoms with van der Waals surface area (Å²) < 4.78 is 0.748. The lowest BCUT2D eigenvalue weighted by atomic mass is 9.78. The molecule has 2 amide bonds. The van der Waals surface area contributed by atoms with Crippen LogP contribution >= 0.6 is 0 Å². The minimum absolute atomic E-state index is 0.0536. The Balaban J connectivity index is 1.53. The van der Waals surface area contributed by atoms with Crippen molar-refractivity contribution in [1.82, 2.24) is 10.2 Å². The van der Waals surface area contributed by atoms with Crippen LogP contribution in [0, 0.1) is 5.21 Å². The first-order chi connectivity index (χ1) is 16.6. The highest BCUT2D eigenvalue weighted by Gasteiger charge is 2.47. The molecule has 0 saturated heterocycles. The Morgan fingerprint density at radius 2 is 1.74 bits per heavy atom. The normalized spacial score (nSPS) is 20.2. The van der Waals surface area contributed by atoms with Gasteiger partial charge in [0.1, 0.15) is 0 Å². The molecule has 0 spiro atoms. The topological polar surface area (TPSA) is 76.4 Å². The summed E-state index contributed by atoms with van der Waals surface area (Å²) in [4.78, 5) is 29.4. The Hall–Kier alpha value is -3.67. The van der Waals surface area contributed by atoms with Gasteiger partial charge in [-0.25, -0.2) is 0 Å². The van der Waals surface area contributed by atoms with Crippen molar-refractivity contribution >= 4 is 11.8 Å². The number of rotatable bonds is 6. The van der Waals surface area contributed by atoms with Crippen molar-refractivity contribution in [2.75, 3.05) is 6.54 Å². The maximum atomic E-state index is 13.8. The number of carbonyl (C=O) groups excluding carboxylic acids is 2. The van der Waals surface area contributed by atoms with Crippen LogP contribution in [0.2, 0.25) is 0 Å². The van der Waals surface area contributed by atoms with Crippen LogP contribution in [0.15, 0.2) is 79.1 Å². The van der Waals surface area contributed by atoms with Crippen molar-refractivity contribution in [3.05, 3.63) is 107 Å². The molecular formula is C28H29N3O3. The second-order valence-electron chi connectivity index (χ2n) is 9.18. The smallest absolute Gasteiger partial charge is 0.254 e. The number of nitrogens with zero attached hydrogens (tertiary/aromatic N) is 2. The summed E-state index contributed by atoms with van der Waals surface area (Å²) in [5.41, 5.74) is 3.15. The van der Waals surface area contributed by atoms with Crippen molar-refractivity contribution in [2.45, 2.75) is 50.1 Å². The SMILES string of the molecule is O=C(NCCc1ccccc1)[C@@H]1c2ccccc2C(=O)N(C2CCCC2)[C@H]1c1ccc[n+]([O-])c1. The van der Waals surface area contributed by atoms with Gasteiger partial charge in [-0.3, -0.25) is 9.59 Å². The van der Waals surface area contributed by atoms with Crippen LogP contribution in [0.4, 0.5) is 0 Å². The summed E-state index contributed by atoms with van der Waals surface area (Å²) >= 11 is 0. The van der Waals surface area contributed by atoms with Gasteiger partial charge in [0.15, 0.2) is 12.4 Å². The van der Waals surface area contributed by atoms with E-state index in [-0.39, 0.29) is 17.9 Å². The van der Waals surface area contributed by atoms with Gasteiger partial charge < -0.3 is 15.4 Å². The first-order valence-corrected chi connectivity index (χ1v) is 12.1. The molecule has 1 N–H and O–H groups in total. The molecule has 1 aliphatic carbocycles. The molecule has 1 fully saturated rings. The van der Waals surface area contributed by atoms with Crippen LogP contribution in [0.25, 0.3) is 0 Å². The Morgan fingerprint density at radius 1 is 1.00 bits per heavy atom. The first-order valence-electron chi connectivity index (χ1n) is 12.1. The second kappa shape index (κ2) is 9.67. The van der Waals surface area contributed by atoms with Crippen LogP contribution in [-0.2, 0) is 11.2 Å². The van der Waals surface area contributed by atoms with Gasteiger partial charge in [-0.05, 0) is 42.5 Å². The molecule has 3 aromatic rings. The second-order valence-corrected chi connectivity index (χ2v) is 9.18. The molecule has 0 radical (unpaired) electrons. The van der Waals surface area contributed by atoms with Gasteiger partial charge in [-0.15, -0.1) is 0 Å². The predicted molar refractivity (Wildman–Crippen MR) is 129 cm³/mol. The average Bonchev–Trinajstić information content (AvgIpc) is 3.39. The lowest BCUT2D eigenvalue weighted by Gasteiger charge is -2.44. The zero-order chi connectivity index (χ0) is 23.5. The zero-order valence-electron chi connectivity index (χ0n) is 19.1. The molecule has 0 bridgehead atoms. The third kappa shape index (κ3) is 4.28. The van der Waals surface area contributed by atoms with Gasteiger partial charge in [0.25, 0.3) is 5.91 Å². The lowest BCUT2D eigenvalue weighted by Crippen LogP contribution is -2.51. The molecule has 2 aliphatic rings. The molecule has 1 aliphatic heterocycles. The Bertz CT molecular complexity index is 1170. The number of aromatic nitrogens is 1. The molecule has 174 valence electrons. The largest absolute Gasteiger partial charge is 0.619 e. The molecule has 34 heavy (non-hydrogen) atoms. The fraction of sp³-hybridized carbons (Fsp3) is 0.321. The molecule has 1 saturated carbocycles. The standard InChI is InChI=1S/C28H29N3O3/c32-27(29-17-16-20-9-2-1-3-10-20)25-23-14-6-7-15-24(23)28(33)31(22-12-4-5-13-22)26(25)21-11-8-18-30(34)19-21/h1-3,6-11,14-15,18-19,22,25-26H,4-5,12-13,16-17H2,(H,29,32)/t25-,26+/m1/s1. The highest BCUT2D eigenvalue weighted by molar-refractivity contribution is 6.01. The molecule has 2 heterocycles. The zero-order valence-corrected chi connectivity index (χ0v) is 19.1. The monoisotopic (exact) mass is 455 g/mol. The summed E-state index contributed by atoms with van der Waals surface area (Å²) in [5.74, 6) is -0.764. The minimum atomic E-state index is -0.590. The van der Waals surface area contributed by atoms with Gasteiger partial charge >= 0.3 is 0 Å². The summed E-state index contributed by atoms with van der Waals surface area (Å²) in [6.45, 7) is 0.502. The Kier molecular flexibility index (Phi) is 6.30. The van der Waals surface area contributed by atoms with Crippen LogP contribution in [0.1, 0.15) is 64.7 Å². The van der Waals surface area contributed by atoms with Crippen molar-refractivity contribution in [2.24, 2.45) is 0 Å². The van der Waals surface area contributed by atoms with E-state index in [0.717, 1.165) is 48.0 Å². The number of carbonyl (C=O) groups is 2. The fourth-order valence-electron chi connectivity index (χ4n) is 5.50. The quantitative estimate of drug-likeness (QED) is 0.452. The highest BCUT2D eigenvalue weighted by atomic mass is 16.5. The van der Waals surface area contributed by atoms with E-state index < -0.39 is 12.0 Å². The summed E-state index contributed by atoms with van der Waals surface area (Å²) in [6.07, 6.45) is 7.60. The van der Waals surface area contributed by atoms with E-state index >= 15 is 0 Å². The molecule has 0 unspecified atom stereocenters. The van der Waals surface area contributed by atoms with Crippen LogP contribution in [0.5, 0.6) is 0 Å². The molecule has 6 nitrogen and oxygen atoms in total. The lowest BCUT2D eigenvalue weighted by molar-refractivity contribution is -0.606. The van der Waals surface area contributed by atoms with Crippen LogP contribution < -0.4 is 10.0 Å². The molecule has 2 atom stereocenters. The summed E-state index contributed by atoms with van der Waals surface area (Å²) in [5, 5.41) is 15.3.